The van der Waals surface area contributed by atoms with E-state index in [2.05, 4.69) is 0 Å². The second-order valence-corrected chi connectivity index (χ2v) is 4.42. The van der Waals surface area contributed by atoms with E-state index in [9.17, 15) is 4.79 Å². The maximum atomic E-state index is 12.5. The van der Waals surface area contributed by atoms with Gasteiger partial charge in [-0.3, -0.25) is 4.79 Å². The number of hydrogen-bond acceptors (Lipinski definition) is 4. The van der Waals surface area contributed by atoms with Crippen LogP contribution in [0.1, 0.15) is 17.3 Å². The number of anilines is 1. The van der Waals surface area contributed by atoms with Crippen LogP contribution in [-0.4, -0.2) is 50.8 Å². The van der Waals surface area contributed by atoms with E-state index in [0.717, 1.165) is 0 Å². The molecule has 5 nitrogen and oxygen atoms in total. The number of nitrogens with two attached hydrogens (primary N) is 1. The quantitative estimate of drug-likeness (QED) is 0.757. The molecule has 1 rings (SSSR count). The van der Waals surface area contributed by atoms with Crippen molar-refractivity contribution in [2.24, 2.45) is 0 Å². The lowest BCUT2D eigenvalue weighted by atomic mass is 10.1. The summed E-state index contributed by atoms with van der Waals surface area (Å²) in [5.74, 6) is -0.0402. The largest absolute Gasteiger partial charge is 0.399 e. The molecule has 0 saturated heterocycles. The first-order valence-corrected chi connectivity index (χ1v) is 6.24. The van der Waals surface area contributed by atoms with Crippen molar-refractivity contribution in [3.8, 4) is 0 Å². The van der Waals surface area contributed by atoms with Crippen LogP contribution in [0.15, 0.2) is 24.3 Å². The van der Waals surface area contributed by atoms with E-state index < -0.39 is 0 Å². The summed E-state index contributed by atoms with van der Waals surface area (Å²) in [6, 6.07) is 6.91. The number of nitrogens with zero attached hydrogens (tertiary/aromatic N) is 1. The molecule has 0 heterocycles. The van der Waals surface area contributed by atoms with Gasteiger partial charge in [0.15, 0.2) is 0 Å². The second-order valence-electron chi connectivity index (χ2n) is 4.42. The highest BCUT2D eigenvalue weighted by molar-refractivity contribution is 5.94. The summed E-state index contributed by atoms with van der Waals surface area (Å²) < 4.78 is 10.2. The SMILES string of the molecule is COCCN(C(=O)c1ccc(N)cc1)C(C)COC. The molecule has 0 bridgehead atoms. The minimum Gasteiger partial charge on any atom is -0.399 e. The molecule has 1 aromatic carbocycles. The first kappa shape index (κ1) is 15.5. The Morgan fingerprint density at radius 1 is 1.26 bits per heavy atom. The number of methoxy groups -OCH3 is 2. The minimum atomic E-state index is -0.0402. The van der Waals surface area contributed by atoms with E-state index in [4.69, 9.17) is 15.2 Å². The Balaban J connectivity index is 2.83. The summed E-state index contributed by atoms with van der Waals surface area (Å²) in [6.07, 6.45) is 0. The fourth-order valence-corrected chi connectivity index (χ4v) is 1.83. The van der Waals surface area contributed by atoms with Crippen molar-refractivity contribution in [2.45, 2.75) is 13.0 Å². The van der Waals surface area contributed by atoms with Crippen molar-refractivity contribution >= 4 is 11.6 Å². The van der Waals surface area contributed by atoms with Gasteiger partial charge in [0.1, 0.15) is 0 Å². The van der Waals surface area contributed by atoms with Crippen LogP contribution in [0.4, 0.5) is 5.69 Å². The third-order valence-corrected chi connectivity index (χ3v) is 2.89. The Bertz CT molecular complexity index is 392. The smallest absolute Gasteiger partial charge is 0.254 e. The monoisotopic (exact) mass is 266 g/mol. The second kappa shape index (κ2) is 7.76. The van der Waals surface area contributed by atoms with Gasteiger partial charge >= 0.3 is 0 Å². The number of ether oxygens (including phenoxy) is 2. The molecule has 19 heavy (non-hydrogen) atoms. The fourth-order valence-electron chi connectivity index (χ4n) is 1.83. The van der Waals surface area contributed by atoms with E-state index >= 15 is 0 Å². The number of carbonyl (C=O) groups is 1. The maximum absolute atomic E-state index is 12.5. The minimum absolute atomic E-state index is 0.00907. The van der Waals surface area contributed by atoms with Crippen molar-refractivity contribution in [3.63, 3.8) is 0 Å². The van der Waals surface area contributed by atoms with E-state index in [-0.39, 0.29) is 11.9 Å². The molecule has 5 heteroatoms. The van der Waals surface area contributed by atoms with E-state index in [0.29, 0.717) is 31.0 Å². The highest BCUT2D eigenvalue weighted by atomic mass is 16.5. The Hall–Kier alpha value is -1.59. The van der Waals surface area contributed by atoms with Gasteiger partial charge in [-0.1, -0.05) is 0 Å². The average Bonchev–Trinajstić information content (AvgIpc) is 2.40. The summed E-state index contributed by atoms with van der Waals surface area (Å²) in [4.78, 5) is 14.2. The molecule has 0 aliphatic heterocycles. The molecule has 0 aromatic heterocycles. The topological polar surface area (TPSA) is 64.8 Å². The van der Waals surface area contributed by atoms with Crippen LogP contribution < -0.4 is 5.73 Å². The summed E-state index contributed by atoms with van der Waals surface area (Å²) in [5, 5.41) is 0. The van der Waals surface area contributed by atoms with Crippen molar-refractivity contribution in [2.75, 3.05) is 39.7 Å². The van der Waals surface area contributed by atoms with Crippen LogP contribution in [0.5, 0.6) is 0 Å². The van der Waals surface area contributed by atoms with Gasteiger partial charge < -0.3 is 20.1 Å². The predicted octanol–water partition coefficient (Wildman–Crippen LogP) is 1.39. The standard InChI is InChI=1S/C14H22N2O3/c1-11(10-19-3)16(8-9-18-2)14(17)12-4-6-13(15)7-5-12/h4-7,11H,8-10,15H2,1-3H3. The molecule has 1 aromatic rings. The molecule has 106 valence electrons. The first-order valence-electron chi connectivity index (χ1n) is 6.24. The zero-order chi connectivity index (χ0) is 14.3. The van der Waals surface area contributed by atoms with Crippen LogP contribution in [0.3, 0.4) is 0 Å². The molecule has 0 fully saturated rings. The summed E-state index contributed by atoms with van der Waals surface area (Å²) in [7, 11) is 3.24. The van der Waals surface area contributed by atoms with Crippen LogP contribution in [0, 0.1) is 0 Å². The third kappa shape index (κ3) is 4.54. The van der Waals surface area contributed by atoms with Gasteiger partial charge in [-0.25, -0.2) is 0 Å². The number of rotatable bonds is 7. The molecule has 1 atom stereocenters. The Labute approximate surface area is 114 Å². The number of carbonyl (C=O) groups excluding carboxylic acids is 1. The lowest BCUT2D eigenvalue weighted by Gasteiger charge is -2.28. The summed E-state index contributed by atoms with van der Waals surface area (Å²) >= 11 is 0. The summed E-state index contributed by atoms with van der Waals surface area (Å²) in [6.45, 7) is 3.47. The third-order valence-electron chi connectivity index (χ3n) is 2.89. The van der Waals surface area contributed by atoms with E-state index in [1.54, 1.807) is 43.4 Å². The molecule has 0 spiro atoms. The van der Waals surface area contributed by atoms with Gasteiger partial charge in [-0.2, -0.15) is 0 Å². The van der Waals surface area contributed by atoms with Gasteiger partial charge in [0.2, 0.25) is 0 Å². The van der Waals surface area contributed by atoms with Gasteiger partial charge in [-0.15, -0.1) is 0 Å². The van der Waals surface area contributed by atoms with Crippen LogP contribution in [-0.2, 0) is 9.47 Å². The molecule has 0 radical (unpaired) electrons. The highest BCUT2D eigenvalue weighted by Crippen LogP contribution is 2.11. The molecular weight excluding hydrogens is 244 g/mol. The first-order chi connectivity index (χ1) is 9.10. The molecular formula is C14H22N2O3. The van der Waals surface area contributed by atoms with Gasteiger partial charge in [0, 0.05) is 32.0 Å². The average molecular weight is 266 g/mol. The van der Waals surface area contributed by atoms with Crippen molar-refractivity contribution in [3.05, 3.63) is 29.8 Å². The van der Waals surface area contributed by atoms with Crippen LogP contribution in [0.25, 0.3) is 0 Å². The fraction of sp³-hybridized carbons (Fsp3) is 0.500. The zero-order valence-electron chi connectivity index (χ0n) is 11.8. The summed E-state index contributed by atoms with van der Waals surface area (Å²) in [5.41, 5.74) is 6.89. The van der Waals surface area contributed by atoms with Crippen molar-refractivity contribution in [1.29, 1.82) is 0 Å². The van der Waals surface area contributed by atoms with Crippen LogP contribution in [0.2, 0.25) is 0 Å². The van der Waals surface area contributed by atoms with E-state index in [1.165, 1.54) is 0 Å². The van der Waals surface area contributed by atoms with Gasteiger partial charge in [0.25, 0.3) is 5.91 Å². The van der Waals surface area contributed by atoms with Crippen molar-refractivity contribution in [1.82, 2.24) is 4.90 Å². The molecule has 1 amide bonds. The molecule has 1 unspecified atom stereocenters. The lowest BCUT2D eigenvalue weighted by molar-refractivity contribution is 0.0479. The number of amides is 1. The Morgan fingerprint density at radius 3 is 2.42 bits per heavy atom. The number of hydrogen-bond donors (Lipinski definition) is 1. The van der Waals surface area contributed by atoms with Crippen molar-refractivity contribution < 1.29 is 14.3 Å². The zero-order valence-corrected chi connectivity index (χ0v) is 11.8. The van der Waals surface area contributed by atoms with Gasteiger partial charge in [-0.05, 0) is 31.2 Å². The highest BCUT2D eigenvalue weighted by Gasteiger charge is 2.21. The lowest BCUT2D eigenvalue weighted by Crippen LogP contribution is -2.43. The van der Waals surface area contributed by atoms with E-state index in [1.807, 2.05) is 6.92 Å². The maximum Gasteiger partial charge on any atom is 0.254 e. The Morgan fingerprint density at radius 2 is 1.89 bits per heavy atom. The normalized spacial score (nSPS) is 12.2. The van der Waals surface area contributed by atoms with Gasteiger partial charge in [0.05, 0.1) is 19.3 Å². The van der Waals surface area contributed by atoms with Crippen LogP contribution >= 0.6 is 0 Å². The predicted molar refractivity (Wildman–Crippen MR) is 75.1 cm³/mol. The molecule has 0 aliphatic carbocycles. The molecule has 0 aliphatic rings. The molecule has 2 N–H and O–H groups in total. The Kier molecular flexibility index (Phi) is 6.32. The number of nitrogen functional groups attached to an aromatic ring is 1. The molecule has 0 saturated carbocycles. The number of benzene rings is 1.